The molecule has 0 atom stereocenters. The van der Waals surface area contributed by atoms with E-state index in [1.807, 2.05) is 24.3 Å². The predicted octanol–water partition coefficient (Wildman–Crippen LogP) is 3.71. The summed E-state index contributed by atoms with van der Waals surface area (Å²) in [5.41, 5.74) is 1.84. The molecule has 0 aliphatic carbocycles. The quantitative estimate of drug-likeness (QED) is 0.622. The van der Waals surface area contributed by atoms with E-state index < -0.39 is 5.97 Å². The molecule has 1 amide bonds. The number of amides is 1. The molecule has 1 aromatic heterocycles. The van der Waals surface area contributed by atoms with Crippen molar-refractivity contribution < 1.29 is 18.7 Å². The van der Waals surface area contributed by atoms with Gasteiger partial charge in [0, 0.05) is 30.5 Å². The Hall–Kier alpha value is -3.02. The van der Waals surface area contributed by atoms with Crippen molar-refractivity contribution in [3.63, 3.8) is 0 Å². The second-order valence-electron chi connectivity index (χ2n) is 6.72. The molecule has 0 spiro atoms. The van der Waals surface area contributed by atoms with Crippen LogP contribution in [0.3, 0.4) is 0 Å². The average molecular weight is 368 g/mol. The van der Waals surface area contributed by atoms with E-state index in [2.05, 4.69) is 17.1 Å². The molecule has 6 heteroatoms. The van der Waals surface area contributed by atoms with Crippen molar-refractivity contribution in [1.29, 1.82) is 0 Å². The van der Waals surface area contributed by atoms with E-state index in [1.54, 1.807) is 12.1 Å². The molecule has 1 N–H and O–H groups in total. The third kappa shape index (κ3) is 5.74. The van der Waals surface area contributed by atoms with E-state index in [0.717, 1.165) is 24.7 Å². The normalized spacial score (nSPS) is 15.1. The molecule has 1 fully saturated rings. The molecule has 27 heavy (non-hydrogen) atoms. The first-order valence-electron chi connectivity index (χ1n) is 9.13. The van der Waals surface area contributed by atoms with Crippen LogP contribution in [0.25, 0.3) is 6.08 Å². The van der Waals surface area contributed by atoms with Gasteiger partial charge in [-0.05, 0) is 61.2 Å². The molecule has 1 saturated heterocycles. The maximum absolute atomic E-state index is 11.9. The number of nitrogens with zero attached hydrogens (tertiary/aromatic N) is 1. The maximum atomic E-state index is 11.9. The Morgan fingerprint density at radius 3 is 2.63 bits per heavy atom. The van der Waals surface area contributed by atoms with Crippen LogP contribution in [-0.2, 0) is 14.3 Å². The molecule has 0 unspecified atom stereocenters. The lowest BCUT2D eigenvalue weighted by molar-refractivity contribution is -0.142. The summed E-state index contributed by atoms with van der Waals surface area (Å²) in [6.45, 7) is 4.07. The summed E-state index contributed by atoms with van der Waals surface area (Å²) in [7, 11) is 0. The van der Waals surface area contributed by atoms with Gasteiger partial charge in [-0.25, -0.2) is 4.79 Å². The lowest BCUT2D eigenvalue weighted by Gasteiger charge is -2.32. The molecule has 0 bridgehead atoms. The number of esters is 1. The maximum Gasteiger partial charge on any atom is 0.331 e. The van der Waals surface area contributed by atoms with Crippen LogP contribution in [-0.4, -0.2) is 31.6 Å². The fourth-order valence-electron chi connectivity index (χ4n) is 2.94. The minimum absolute atomic E-state index is 0.340. The number of rotatable bonds is 6. The number of piperidine rings is 1. The Morgan fingerprint density at radius 2 is 1.96 bits per heavy atom. The molecule has 1 aromatic carbocycles. The highest BCUT2D eigenvalue weighted by Crippen LogP contribution is 2.24. The van der Waals surface area contributed by atoms with Gasteiger partial charge in [-0.3, -0.25) is 4.79 Å². The minimum atomic E-state index is -0.601. The number of carbonyl (C=O) groups is 2. The molecule has 142 valence electrons. The van der Waals surface area contributed by atoms with Gasteiger partial charge >= 0.3 is 5.97 Å². The van der Waals surface area contributed by atoms with Crippen LogP contribution in [0.15, 0.2) is 53.2 Å². The SMILES string of the molecule is CC1CCN(c2ccc(NC(=O)COC(=O)/C=C/c3ccco3)cc2)CC1. The van der Waals surface area contributed by atoms with Gasteiger partial charge in [-0.2, -0.15) is 0 Å². The number of hydrogen-bond donors (Lipinski definition) is 1. The van der Waals surface area contributed by atoms with Crippen LogP contribution in [0.5, 0.6) is 0 Å². The average Bonchev–Trinajstić information content (AvgIpc) is 3.20. The van der Waals surface area contributed by atoms with E-state index in [-0.39, 0.29) is 12.5 Å². The van der Waals surface area contributed by atoms with Crippen molar-refractivity contribution in [1.82, 2.24) is 0 Å². The summed E-state index contributed by atoms with van der Waals surface area (Å²) < 4.78 is 9.99. The van der Waals surface area contributed by atoms with Gasteiger partial charge in [0.1, 0.15) is 5.76 Å². The fraction of sp³-hybridized carbons (Fsp3) is 0.333. The standard InChI is InChI=1S/C21H24N2O4/c1-16-10-12-23(13-11-16)18-6-4-17(5-7-18)22-20(24)15-27-21(25)9-8-19-3-2-14-26-19/h2-9,14,16H,10-13,15H2,1H3,(H,22,24)/b9-8+. The molecule has 2 aromatic rings. The molecule has 1 aliphatic heterocycles. The number of furan rings is 1. The molecule has 6 nitrogen and oxygen atoms in total. The lowest BCUT2D eigenvalue weighted by atomic mass is 9.99. The van der Waals surface area contributed by atoms with Crippen LogP contribution in [0, 0.1) is 5.92 Å². The summed E-state index contributed by atoms with van der Waals surface area (Å²) in [6.07, 6.45) is 6.63. The minimum Gasteiger partial charge on any atom is -0.465 e. The fourth-order valence-corrected chi connectivity index (χ4v) is 2.94. The number of anilines is 2. The molecular formula is C21H24N2O4. The lowest BCUT2D eigenvalue weighted by Crippen LogP contribution is -2.32. The predicted molar refractivity (Wildman–Crippen MR) is 104 cm³/mol. The second-order valence-corrected chi connectivity index (χ2v) is 6.72. The smallest absolute Gasteiger partial charge is 0.331 e. The Kier molecular flexibility index (Phi) is 6.30. The van der Waals surface area contributed by atoms with Crippen molar-refractivity contribution >= 4 is 29.3 Å². The van der Waals surface area contributed by atoms with Crippen LogP contribution >= 0.6 is 0 Å². The monoisotopic (exact) mass is 368 g/mol. The Labute approximate surface area is 158 Å². The largest absolute Gasteiger partial charge is 0.465 e. The van der Waals surface area contributed by atoms with E-state index in [4.69, 9.17) is 9.15 Å². The van der Waals surface area contributed by atoms with E-state index in [0.29, 0.717) is 11.4 Å². The highest BCUT2D eigenvalue weighted by molar-refractivity contribution is 5.94. The van der Waals surface area contributed by atoms with Crippen molar-refractivity contribution in [3.8, 4) is 0 Å². The zero-order valence-corrected chi connectivity index (χ0v) is 15.4. The Balaban J connectivity index is 1.43. The zero-order valence-electron chi connectivity index (χ0n) is 15.4. The van der Waals surface area contributed by atoms with Crippen LogP contribution in [0.4, 0.5) is 11.4 Å². The van der Waals surface area contributed by atoms with Crippen LogP contribution in [0.1, 0.15) is 25.5 Å². The summed E-state index contributed by atoms with van der Waals surface area (Å²) >= 11 is 0. The number of benzene rings is 1. The Bertz CT molecular complexity index is 773. The summed E-state index contributed by atoms with van der Waals surface area (Å²) in [5.74, 6) is 0.349. The first-order chi connectivity index (χ1) is 13.1. The zero-order chi connectivity index (χ0) is 19.1. The van der Waals surface area contributed by atoms with Crippen molar-refractivity contribution in [2.45, 2.75) is 19.8 Å². The molecule has 1 aliphatic rings. The van der Waals surface area contributed by atoms with Crippen molar-refractivity contribution in [2.24, 2.45) is 5.92 Å². The number of hydrogen-bond acceptors (Lipinski definition) is 5. The number of ether oxygens (including phenoxy) is 1. The van der Waals surface area contributed by atoms with E-state index in [1.165, 1.54) is 31.3 Å². The van der Waals surface area contributed by atoms with Gasteiger partial charge < -0.3 is 19.4 Å². The van der Waals surface area contributed by atoms with Crippen LogP contribution < -0.4 is 10.2 Å². The number of carbonyl (C=O) groups excluding carboxylic acids is 2. The van der Waals surface area contributed by atoms with Gasteiger partial charge in [-0.1, -0.05) is 6.92 Å². The first-order valence-corrected chi connectivity index (χ1v) is 9.13. The van der Waals surface area contributed by atoms with E-state index >= 15 is 0 Å². The van der Waals surface area contributed by atoms with Gasteiger partial charge in [0.25, 0.3) is 5.91 Å². The van der Waals surface area contributed by atoms with Crippen LogP contribution in [0.2, 0.25) is 0 Å². The van der Waals surface area contributed by atoms with Crippen molar-refractivity contribution in [3.05, 3.63) is 54.5 Å². The molecule has 2 heterocycles. The molecule has 3 rings (SSSR count). The molecule has 0 saturated carbocycles. The topological polar surface area (TPSA) is 71.8 Å². The Morgan fingerprint density at radius 1 is 1.22 bits per heavy atom. The third-order valence-corrected chi connectivity index (χ3v) is 4.57. The van der Waals surface area contributed by atoms with Gasteiger partial charge in [0.2, 0.25) is 0 Å². The highest BCUT2D eigenvalue weighted by atomic mass is 16.5. The first kappa shape index (κ1) is 18.8. The number of nitrogens with one attached hydrogen (secondary N) is 1. The van der Waals surface area contributed by atoms with E-state index in [9.17, 15) is 9.59 Å². The third-order valence-electron chi connectivity index (χ3n) is 4.57. The highest BCUT2D eigenvalue weighted by Gasteiger charge is 2.16. The van der Waals surface area contributed by atoms with Crippen molar-refractivity contribution in [2.75, 3.05) is 29.9 Å². The summed E-state index contributed by atoms with van der Waals surface area (Å²) in [4.78, 5) is 25.9. The molecule has 0 radical (unpaired) electrons. The van der Waals surface area contributed by atoms with Gasteiger partial charge in [0.05, 0.1) is 6.26 Å². The molecular weight excluding hydrogens is 344 g/mol. The summed E-state index contributed by atoms with van der Waals surface area (Å²) in [5, 5.41) is 2.73. The summed E-state index contributed by atoms with van der Waals surface area (Å²) in [6, 6.07) is 11.2. The van der Waals surface area contributed by atoms with Gasteiger partial charge in [0.15, 0.2) is 6.61 Å². The van der Waals surface area contributed by atoms with Gasteiger partial charge in [-0.15, -0.1) is 0 Å². The second kappa shape index (κ2) is 9.07.